The van der Waals surface area contributed by atoms with Gasteiger partial charge in [0.2, 0.25) is 5.91 Å². The Morgan fingerprint density at radius 1 is 0.755 bits per heavy atom. The first-order valence-corrected chi connectivity index (χ1v) is 21.7. The fourth-order valence-electron chi connectivity index (χ4n) is 6.28. The van der Waals surface area contributed by atoms with E-state index in [1.807, 2.05) is 0 Å². The topological polar surface area (TPSA) is 212 Å². The standard InChI is InChI=1S/C39H73NO12S/c1-3-5-7-9-10-11-12-13-14-15-16-17-18-19-20-21-22-24-26-28-33(43)38(46)40-31(32(42)27-25-23-8-6-4-2)30-50-39-36(45)37(52-53(47,48)49)35(44)34(29-41)51-39/h16-17,25,27,31-37,39,41-45H,3-15,18-24,26,28-30H2,1-2H3,(H,40,46)(H,47,48,49)/b17-16-,27-25+. The van der Waals surface area contributed by atoms with Crippen LogP contribution in [0.5, 0.6) is 0 Å². The minimum absolute atomic E-state index is 0.235. The predicted octanol–water partition coefficient (Wildman–Crippen LogP) is 5.57. The minimum Gasteiger partial charge on any atom is -0.394 e. The van der Waals surface area contributed by atoms with Crippen LogP contribution < -0.4 is 5.32 Å². The summed E-state index contributed by atoms with van der Waals surface area (Å²) >= 11 is 0. The molecule has 1 rings (SSSR count). The predicted molar refractivity (Wildman–Crippen MR) is 205 cm³/mol. The van der Waals surface area contributed by atoms with E-state index in [0.717, 1.165) is 64.2 Å². The molecule has 1 amide bonds. The van der Waals surface area contributed by atoms with Crippen LogP contribution in [0.4, 0.5) is 0 Å². The fourth-order valence-corrected chi connectivity index (χ4v) is 6.79. The highest BCUT2D eigenvalue weighted by Crippen LogP contribution is 2.26. The first kappa shape index (κ1) is 49.6. The lowest BCUT2D eigenvalue weighted by Crippen LogP contribution is -2.61. The Kier molecular flexibility index (Phi) is 28.7. The molecule has 1 aliphatic heterocycles. The molecule has 8 atom stereocenters. The van der Waals surface area contributed by atoms with Crippen molar-refractivity contribution in [1.82, 2.24) is 5.32 Å². The molecule has 0 radical (unpaired) electrons. The number of carbonyl (C=O) groups is 1. The molecule has 7 N–H and O–H groups in total. The van der Waals surface area contributed by atoms with Crippen LogP contribution in [-0.2, 0) is 28.9 Å². The van der Waals surface area contributed by atoms with Gasteiger partial charge in [-0.05, 0) is 44.9 Å². The number of aliphatic hydroxyl groups is 5. The smallest absolute Gasteiger partial charge is 0.394 e. The highest BCUT2D eigenvalue weighted by atomic mass is 32.3. The summed E-state index contributed by atoms with van der Waals surface area (Å²) in [6, 6.07) is -1.12. The first-order valence-electron chi connectivity index (χ1n) is 20.3. The Morgan fingerprint density at radius 2 is 1.25 bits per heavy atom. The Bertz CT molecular complexity index is 1070. The lowest BCUT2D eigenvalue weighted by atomic mass is 9.99. The number of carbonyl (C=O) groups excluding carboxylic acids is 1. The van der Waals surface area contributed by atoms with E-state index in [2.05, 4.69) is 35.5 Å². The Hall–Kier alpha value is -1.46. The lowest BCUT2D eigenvalue weighted by molar-refractivity contribution is -0.298. The van der Waals surface area contributed by atoms with Crippen LogP contribution in [0.3, 0.4) is 0 Å². The Balaban J connectivity index is 2.47. The largest absolute Gasteiger partial charge is 0.397 e. The number of hydrogen-bond acceptors (Lipinski definition) is 11. The third-order valence-electron chi connectivity index (χ3n) is 9.58. The van der Waals surface area contributed by atoms with E-state index >= 15 is 0 Å². The summed E-state index contributed by atoms with van der Waals surface area (Å²) in [7, 11) is -5.11. The van der Waals surface area contributed by atoms with Crippen molar-refractivity contribution in [2.45, 2.75) is 204 Å². The number of amides is 1. The van der Waals surface area contributed by atoms with Crippen LogP contribution in [-0.4, -0.2) is 107 Å². The molecule has 1 heterocycles. The van der Waals surface area contributed by atoms with Gasteiger partial charge in [-0.3, -0.25) is 9.35 Å². The maximum atomic E-state index is 12.9. The minimum atomic E-state index is -5.11. The molecule has 0 saturated carbocycles. The van der Waals surface area contributed by atoms with Gasteiger partial charge in [0.1, 0.15) is 30.5 Å². The van der Waals surface area contributed by atoms with Crippen LogP contribution in [0.1, 0.15) is 155 Å². The second kappa shape index (κ2) is 30.7. The van der Waals surface area contributed by atoms with Gasteiger partial charge in [-0.15, -0.1) is 0 Å². The summed E-state index contributed by atoms with van der Waals surface area (Å²) in [5.41, 5.74) is 0. The summed E-state index contributed by atoms with van der Waals surface area (Å²) in [6.45, 7) is 3.05. The molecule has 1 saturated heterocycles. The molecular weight excluding hydrogens is 706 g/mol. The van der Waals surface area contributed by atoms with E-state index in [0.29, 0.717) is 12.8 Å². The van der Waals surface area contributed by atoms with E-state index in [4.69, 9.17) is 14.0 Å². The highest BCUT2D eigenvalue weighted by Gasteiger charge is 2.48. The van der Waals surface area contributed by atoms with Crippen molar-refractivity contribution in [1.29, 1.82) is 0 Å². The van der Waals surface area contributed by atoms with E-state index in [9.17, 15) is 38.7 Å². The van der Waals surface area contributed by atoms with Crippen molar-refractivity contribution < 1.29 is 57.0 Å². The van der Waals surface area contributed by atoms with Gasteiger partial charge < -0.3 is 40.3 Å². The summed E-state index contributed by atoms with van der Waals surface area (Å²) in [5.74, 6) is -0.715. The average molecular weight is 780 g/mol. The number of ether oxygens (including phenoxy) is 2. The summed E-state index contributed by atoms with van der Waals surface area (Å²) in [5, 5.41) is 54.5. The molecule has 0 aromatic rings. The number of unbranched alkanes of at least 4 members (excludes halogenated alkanes) is 18. The van der Waals surface area contributed by atoms with E-state index in [1.165, 1.54) is 63.9 Å². The second-order valence-corrected chi connectivity index (χ2v) is 15.4. The quantitative estimate of drug-likeness (QED) is 0.0248. The number of aliphatic hydroxyl groups excluding tert-OH is 5. The van der Waals surface area contributed by atoms with Gasteiger partial charge in [-0.25, -0.2) is 4.18 Å². The first-order chi connectivity index (χ1) is 25.4. The van der Waals surface area contributed by atoms with E-state index < -0.39 is 78.5 Å². The average Bonchev–Trinajstić information content (AvgIpc) is 3.12. The highest BCUT2D eigenvalue weighted by molar-refractivity contribution is 7.80. The molecule has 1 aliphatic rings. The molecule has 53 heavy (non-hydrogen) atoms. The van der Waals surface area contributed by atoms with Crippen molar-refractivity contribution >= 4 is 16.3 Å². The zero-order valence-corrected chi connectivity index (χ0v) is 33.3. The second-order valence-electron chi connectivity index (χ2n) is 14.4. The van der Waals surface area contributed by atoms with Crippen LogP contribution in [0, 0.1) is 0 Å². The molecular formula is C39H73NO12S. The maximum absolute atomic E-state index is 12.9. The zero-order chi connectivity index (χ0) is 39.3. The number of rotatable bonds is 33. The van der Waals surface area contributed by atoms with Crippen LogP contribution >= 0.6 is 0 Å². The van der Waals surface area contributed by atoms with Gasteiger partial charge in [0.15, 0.2) is 6.29 Å². The Morgan fingerprint density at radius 3 is 1.79 bits per heavy atom. The van der Waals surface area contributed by atoms with Gasteiger partial charge in [-0.1, -0.05) is 134 Å². The third-order valence-corrected chi connectivity index (χ3v) is 10.0. The van der Waals surface area contributed by atoms with Crippen LogP contribution in [0.2, 0.25) is 0 Å². The van der Waals surface area contributed by atoms with E-state index in [1.54, 1.807) is 6.08 Å². The molecule has 0 aliphatic carbocycles. The lowest BCUT2D eigenvalue weighted by Gasteiger charge is -2.41. The van der Waals surface area contributed by atoms with Crippen molar-refractivity contribution in [2.75, 3.05) is 13.2 Å². The van der Waals surface area contributed by atoms with E-state index in [-0.39, 0.29) is 6.42 Å². The molecule has 0 spiro atoms. The summed E-state index contributed by atoms with van der Waals surface area (Å²) in [6.07, 6.45) is 20.6. The third kappa shape index (κ3) is 23.9. The maximum Gasteiger partial charge on any atom is 0.397 e. The summed E-state index contributed by atoms with van der Waals surface area (Å²) in [4.78, 5) is 12.9. The molecule has 0 aromatic carbocycles. The van der Waals surface area contributed by atoms with Gasteiger partial charge in [-0.2, -0.15) is 8.42 Å². The molecule has 312 valence electrons. The van der Waals surface area contributed by atoms with Gasteiger partial charge >= 0.3 is 10.4 Å². The number of hydrogen-bond donors (Lipinski definition) is 7. The van der Waals surface area contributed by atoms with Gasteiger partial charge in [0.25, 0.3) is 0 Å². The number of allylic oxidation sites excluding steroid dienone is 3. The van der Waals surface area contributed by atoms with Crippen molar-refractivity contribution in [3.05, 3.63) is 24.3 Å². The molecule has 8 unspecified atom stereocenters. The van der Waals surface area contributed by atoms with Gasteiger partial charge in [0, 0.05) is 0 Å². The monoisotopic (exact) mass is 779 g/mol. The molecule has 13 nitrogen and oxygen atoms in total. The van der Waals surface area contributed by atoms with Crippen molar-refractivity contribution in [3.63, 3.8) is 0 Å². The SMILES string of the molecule is CCCCC/C=C/C(O)C(COC1OC(CO)C(O)C(OS(=O)(=O)O)C1O)NC(=O)C(O)CCCCCCCC/C=C\CCCCCCCCCCC. The van der Waals surface area contributed by atoms with Crippen molar-refractivity contribution in [2.24, 2.45) is 0 Å². The van der Waals surface area contributed by atoms with Crippen molar-refractivity contribution in [3.8, 4) is 0 Å². The molecule has 0 aromatic heterocycles. The van der Waals surface area contributed by atoms with Crippen LogP contribution in [0.25, 0.3) is 0 Å². The fraction of sp³-hybridized carbons (Fsp3) is 0.872. The normalized spacial score (nSPS) is 22.8. The Labute approximate surface area is 319 Å². The zero-order valence-electron chi connectivity index (χ0n) is 32.4. The van der Waals surface area contributed by atoms with Crippen LogP contribution in [0.15, 0.2) is 24.3 Å². The molecule has 14 heteroatoms. The van der Waals surface area contributed by atoms with Gasteiger partial charge in [0.05, 0.1) is 25.4 Å². The molecule has 1 fully saturated rings. The number of nitrogens with one attached hydrogen (secondary N) is 1. The summed E-state index contributed by atoms with van der Waals surface area (Å²) < 4.78 is 47.1. The molecule has 0 bridgehead atoms.